The van der Waals surface area contributed by atoms with Gasteiger partial charge in [0.25, 0.3) is 0 Å². The fourth-order valence-corrected chi connectivity index (χ4v) is 5.20. The highest BCUT2D eigenvalue weighted by Gasteiger charge is 2.61. The standard InChI is InChI=1S/C21H16N2O3/c22-10-12-6-8-16(14-4-2-1-3-13(12)14)23-20(25)18-11-5-7-15(17(24)9-11)19(18)21(23)26/h1-4,6,8,11,15,18-19H,5,7,9H2/t11-,15+,18+,19-/m0/s1. The average Bonchev–Trinajstić information content (AvgIpc) is 2.94. The molecule has 0 aromatic heterocycles. The van der Waals surface area contributed by atoms with Crippen molar-refractivity contribution in [3.8, 4) is 6.07 Å². The van der Waals surface area contributed by atoms with Gasteiger partial charge in [0, 0.05) is 23.1 Å². The van der Waals surface area contributed by atoms with Gasteiger partial charge in [-0.1, -0.05) is 24.3 Å². The van der Waals surface area contributed by atoms with E-state index < -0.39 is 5.92 Å². The maximum absolute atomic E-state index is 13.2. The Kier molecular flexibility index (Phi) is 3.08. The Labute approximate surface area is 150 Å². The minimum absolute atomic E-state index is 0.0106. The van der Waals surface area contributed by atoms with Crippen LogP contribution in [0.4, 0.5) is 5.69 Å². The molecule has 3 saturated carbocycles. The van der Waals surface area contributed by atoms with Crippen LogP contribution >= 0.6 is 0 Å². The lowest BCUT2D eigenvalue weighted by Gasteiger charge is -2.41. The number of Topliss-reactive ketones (excluding diaryl/α,β-unsaturated/α-hetero) is 1. The molecule has 2 aromatic rings. The molecule has 5 heteroatoms. The molecule has 4 fully saturated rings. The molecular weight excluding hydrogens is 328 g/mol. The highest BCUT2D eigenvalue weighted by atomic mass is 16.2. The van der Waals surface area contributed by atoms with Crippen molar-refractivity contribution in [1.82, 2.24) is 0 Å². The second kappa shape index (κ2) is 5.25. The van der Waals surface area contributed by atoms with Crippen molar-refractivity contribution in [2.24, 2.45) is 23.7 Å². The summed E-state index contributed by atoms with van der Waals surface area (Å²) < 4.78 is 0. The lowest BCUT2D eigenvalue weighted by atomic mass is 9.59. The molecule has 26 heavy (non-hydrogen) atoms. The summed E-state index contributed by atoms with van der Waals surface area (Å²) in [7, 11) is 0. The number of imide groups is 1. The Bertz CT molecular complexity index is 1040. The number of benzene rings is 2. The molecule has 2 amide bonds. The van der Waals surface area contributed by atoms with Gasteiger partial charge in [0.05, 0.1) is 29.2 Å². The first-order valence-corrected chi connectivity index (χ1v) is 8.94. The van der Waals surface area contributed by atoms with Crippen molar-refractivity contribution in [3.63, 3.8) is 0 Å². The number of amides is 2. The van der Waals surface area contributed by atoms with E-state index in [0.717, 1.165) is 11.8 Å². The number of ketones is 1. The molecule has 0 radical (unpaired) electrons. The van der Waals surface area contributed by atoms with E-state index in [0.29, 0.717) is 29.5 Å². The topological polar surface area (TPSA) is 78.2 Å². The summed E-state index contributed by atoms with van der Waals surface area (Å²) in [6.07, 6.45) is 1.98. The van der Waals surface area contributed by atoms with Crippen LogP contribution in [0.25, 0.3) is 10.8 Å². The number of fused-ring (bicyclic) bond motifs is 3. The molecule has 2 bridgehead atoms. The van der Waals surface area contributed by atoms with Crippen LogP contribution in [0.15, 0.2) is 36.4 Å². The van der Waals surface area contributed by atoms with Gasteiger partial charge in [-0.05, 0) is 30.9 Å². The van der Waals surface area contributed by atoms with Crippen LogP contribution in [-0.4, -0.2) is 17.6 Å². The molecule has 5 nitrogen and oxygen atoms in total. The van der Waals surface area contributed by atoms with E-state index >= 15 is 0 Å². The third-order valence-corrected chi connectivity index (χ3v) is 6.33. The Hall–Kier alpha value is -3.00. The molecule has 6 rings (SSSR count). The van der Waals surface area contributed by atoms with E-state index in [-0.39, 0.29) is 35.4 Å². The zero-order chi connectivity index (χ0) is 18.0. The SMILES string of the molecule is N#Cc1ccc(N2C(=O)[C@@H]3[C@H]4CC[C@H](C(=O)C4)[C@@H]3C2=O)c2ccccc12. The summed E-state index contributed by atoms with van der Waals surface area (Å²) in [6, 6.07) is 12.8. The zero-order valence-corrected chi connectivity index (χ0v) is 14.0. The summed E-state index contributed by atoms with van der Waals surface area (Å²) in [5, 5.41) is 10.8. The molecule has 1 aliphatic heterocycles. The van der Waals surface area contributed by atoms with Crippen LogP contribution in [0.1, 0.15) is 24.8 Å². The fraction of sp³-hybridized carbons (Fsp3) is 0.333. The van der Waals surface area contributed by atoms with Crippen LogP contribution < -0.4 is 4.90 Å². The van der Waals surface area contributed by atoms with Crippen LogP contribution in [0, 0.1) is 35.0 Å². The lowest BCUT2D eigenvalue weighted by molar-refractivity contribution is -0.143. The number of carbonyl (C=O) groups is 3. The monoisotopic (exact) mass is 344 g/mol. The van der Waals surface area contributed by atoms with Crippen LogP contribution in [0.3, 0.4) is 0 Å². The van der Waals surface area contributed by atoms with Gasteiger partial charge in [-0.3, -0.25) is 14.4 Å². The largest absolute Gasteiger partial charge is 0.299 e. The van der Waals surface area contributed by atoms with Crippen molar-refractivity contribution >= 4 is 34.1 Å². The minimum Gasteiger partial charge on any atom is -0.299 e. The van der Waals surface area contributed by atoms with Gasteiger partial charge in [-0.25, -0.2) is 4.90 Å². The Morgan fingerprint density at radius 3 is 2.38 bits per heavy atom. The number of rotatable bonds is 1. The van der Waals surface area contributed by atoms with Crippen LogP contribution in [0.5, 0.6) is 0 Å². The van der Waals surface area contributed by atoms with Gasteiger partial charge in [0.1, 0.15) is 5.78 Å². The van der Waals surface area contributed by atoms with Crippen LogP contribution in [-0.2, 0) is 14.4 Å². The van der Waals surface area contributed by atoms with Crippen molar-refractivity contribution in [2.45, 2.75) is 19.3 Å². The molecule has 1 saturated heterocycles. The molecule has 2 aromatic carbocycles. The van der Waals surface area contributed by atoms with Gasteiger partial charge < -0.3 is 0 Å². The maximum Gasteiger partial charge on any atom is 0.238 e. The van der Waals surface area contributed by atoms with Crippen molar-refractivity contribution in [2.75, 3.05) is 4.90 Å². The average molecular weight is 344 g/mol. The molecule has 0 unspecified atom stereocenters. The van der Waals surface area contributed by atoms with E-state index in [4.69, 9.17) is 0 Å². The summed E-state index contributed by atoms with van der Waals surface area (Å²) in [5.74, 6) is -1.49. The number of nitriles is 1. The first-order chi connectivity index (χ1) is 12.6. The third-order valence-electron chi connectivity index (χ3n) is 6.33. The molecular formula is C21H16N2O3. The molecule has 128 valence electrons. The van der Waals surface area contributed by atoms with Gasteiger partial charge in [-0.15, -0.1) is 0 Å². The number of hydrogen-bond donors (Lipinski definition) is 0. The fourth-order valence-electron chi connectivity index (χ4n) is 5.20. The lowest BCUT2D eigenvalue weighted by Crippen LogP contribution is -2.46. The highest BCUT2D eigenvalue weighted by molar-refractivity contribution is 6.26. The second-order valence-corrected chi connectivity index (χ2v) is 7.47. The molecule has 1 heterocycles. The first-order valence-electron chi connectivity index (χ1n) is 8.94. The predicted molar refractivity (Wildman–Crippen MR) is 94.0 cm³/mol. The summed E-state index contributed by atoms with van der Waals surface area (Å²) in [4.78, 5) is 39.9. The summed E-state index contributed by atoms with van der Waals surface area (Å²) >= 11 is 0. The van der Waals surface area contributed by atoms with Crippen molar-refractivity contribution in [3.05, 3.63) is 42.0 Å². The smallest absolute Gasteiger partial charge is 0.238 e. The number of anilines is 1. The van der Waals surface area contributed by atoms with Crippen molar-refractivity contribution in [1.29, 1.82) is 5.26 Å². The molecule has 0 N–H and O–H groups in total. The molecule has 4 atom stereocenters. The minimum atomic E-state index is -0.503. The van der Waals surface area contributed by atoms with Gasteiger partial charge in [-0.2, -0.15) is 5.26 Å². The quantitative estimate of drug-likeness (QED) is 0.745. The Morgan fingerprint density at radius 1 is 0.923 bits per heavy atom. The van der Waals surface area contributed by atoms with E-state index in [1.54, 1.807) is 12.1 Å². The maximum atomic E-state index is 13.2. The molecule has 0 spiro atoms. The number of carbonyl (C=O) groups excluding carboxylic acids is 3. The van der Waals surface area contributed by atoms with E-state index in [9.17, 15) is 19.6 Å². The van der Waals surface area contributed by atoms with Gasteiger partial charge in [0.2, 0.25) is 11.8 Å². The first kappa shape index (κ1) is 15.3. The normalized spacial score (nSPS) is 30.0. The summed E-state index contributed by atoms with van der Waals surface area (Å²) in [5.41, 5.74) is 1.03. The van der Waals surface area contributed by atoms with Crippen molar-refractivity contribution < 1.29 is 14.4 Å². The zero-order valence-electron chi connectivity index (χ0n) is 14.0. The van der Waals surface area contributed by atoms with Crippen LogP contribution in [0.2, 0.25) is 0 Å². The Morgan fingerprint density at radius 2 is 1.65 bits per heavy atom. The predicted octanol–water partition coefficient (Wildman–Crippen LogP) is 2.82. The van der Waals surface area contributed by atoms with E-state index in [1.165, 1.54) is 4.90 Å². The number of hydrogen-bond acceptors (Lipinski definition) is 4. The molecule has 4 aliphatic rings. The van der Waals surface area contributed by atoms with Gasteiger partial charge in [0.15, 0.2) is 0 Å². The van der Waals surface area contributed by atoms with Gasteiger partial charge >= 0.3 is 0 Å². The summed E-state index contributed by atoms with van der Waals surface area (Å²) in [6.45, 7) is 0. The van der Waals surface area contributed by atoms with E-state index in [2.05, 4.69) is 6.07 Å². The van der Waals surface area contributed by atoms with E-state index in [1.807, 2.05) is 24.3 Å². The Balaban J connectivity index is 1.68. The molecule has 3 aliphatic carbocycles. The third kappa shape index (κ3) is 1.82. The number of nitrogens with zero attached hydrogens (tertiary/aromatic N) is 2. The highest BCUT2D eigenvalue weighted by Crippen LogP contribution is 2.52. The second-order valence-electron chi connectivity index (χ2n) is 7.47.